The third-order valence-electron chi connectivity index (χ3n) is 4.08. The third kappa shape index (κ3) is 4.08. The number of carbonyl (C=O) groups is 2. The number of furan rings is 1. The molecule has 1 heterocycles. The highest BCUT2D eigenvalue weighted by Gasteiger charge is 2.26. The van der Waals surface area contributed by atoms with Crippen molar-refractivity contribution < 1.29 is 33.0 Å². The summed E-state index contributed by atoms with van der Waals surface area (Å²) in [4.78, 5) is 23.4. The van der Waals surface area contributed by atoms with E-state index in [2.05, 4.69) is 0 Å². The van der Waals surface area contributed by atoms with Crippen LogP contribution in [0.25, 0.3) is 22.5 Å². The average molecular weight is 396 g/mol. The molecule has 0 unspecified atom stereocenters. The van der Waals surface area contributed by atoms with Crippen LogP contribution in [0, 0.1) is 0 Å². The van der Waals surface area contributed by atoms with Crippen molar-refractivity contribution in [2.24, 2.45) is 0 Å². The molecule has 0 amide bonds. The average Bonchev–Trinajstić information content (AvgIpc) is 3.21. The summed E-state index contributed by atoms with van der Waals surface area (Å²) in [7, 11) is 3.01. The van der Waals surface area contributed by atoms with Crippen LogP contribution in [0.5, 0.6) is 23.0 Å². The molecule has 150 valence electrons. The number of methoxy groups -OCH3 is 2. The molecule has 0 aliphatic heterocycles. The first-order valence-electron chi connectivity index (χ1n) is 8.75. The summed E-state index contributed by atoms with van der Waals surface area (Å²) < 4.78 is 27.5. The second-order valence-electron chi connectivity index (χ2n) is 6.02. The summed E-state index contributed by atoms with van der Waals surface area (Å²) in [6.07, 6.45) is 1.55. The second-order valence-corrected chi connectivity index (χ2v) is 6.02. The minimum Gasteiger partial charge on any atom is -0.496 e. The van der Waals surface area contributed by atoms with Gasteiger partial charge in [0, 0.05) is 13.8 Å². The Morgan fingerprint density at radius 3 is 1.90 bits per heavy atom. The van der Waals surface area contributed by atoms with Gasteiger partial charge in [-0.2, -0.15) is 0 Å². The molecule has 0 radical (unpaired) electrons. The largest absolute Gasteiger partial charge is 0.496 e. The Balaban J connectivity index is 2.38. The number of carbonyl (C=O) groups excluding carboxylic acids is 2. The molecule has 1 aromatic heterocycles. The number of rotatable bonds is 6. The Morgan fingerprint density at radius 2 is 1.41 bits per heavy atom. The van der Waals surface area contributed by atoms with Crippen LogP contribution in [0.2, 0.25) is 0 Å². The van der Waals surface area contributed by atoms with Gasteiger partial charge >= 0.3 is 11.9 Å². The lowest BCUT2D eigenvalue weighted by Crippen LogP contribution is -2.07. The second kappa shape index (κ2) is 8.52. The minimum atomic E-state index is -0.522. The molecule has 0 spiro atoms. The molecule has 0 aliphatic carbocycles. The fraction of sp³-hybridized carbons (Fsp3) is 0.182. The van der Waals surface area contributed by atoms with Gasteiger partial charge in [-0.05, 0) is 36.4 Å². The number of hydrogen-bond donors (Lipinski definition) is 0. The molecule has 2 aromatic carbocycles. The number of benzene rings is 2. The van der Waals surface area contributed by atoms with Crippen LogP contribution in [0.4, 0.5) is 0 Å². The lowest BCUT2D eigenvalue weighted by Gasteiger charge is -2.20. The van der Waals surface area contributed by atoms with Crippen molar-refractivity contribution in [3.8, 4) is 45.4 Å². The maximum Gasteiger partial charge on any atom is 0.308 e. The zero-order chi connectivity index (χ0) is 21.0. The van der Waals surface area contributed by atoms with Gasteiger partial charge in [-0.25, -0.2) is 0 Å². The van der Waals surface area contributed by atoms with Gasteiger partial charge < -0.3 is 23.4 Å². The smallest absolute Gasteiger partial charge is 0.308 e. The molecule has 0 saturated carbocycles. The third-order valence-corrected chi connectivity index (χ3v) is 4.08. The molecule has 0 aliphatic rings. The topological polar surface area (TPSA) is 84.2 Å². The summed E-state index contributed by atoms with van der Waals surface area (Å²) in [5.41, 5.74) is 1.46. The van der Waals surface area contributed by atoms with E-state index in [1.165, 1.54) is 28.1 Å². The highest BCUT2D eigenvalue weighted by molar-refractivity contribution is 5.92. The number of esters is 2. The molecule has 3 aromatic rings. The standard InChI is InChI=1S/C22H20O7/c1-13(23)28-18-7-5-8-19(29-14(2)24)20(18)21-17(25-3)11-10-15(22(21)26-4)16-9-6-12-27-16/h5-12H,1-4H3. The molecule has 29 heavy (non-hydrogen) atoms. The van der Waals surface area contributed by atoms with Gasteiger partial charge in [0.2, 0.25) is 0 Å². The molecule has 7 heteroatoms. The minimum absolute atomic E-state index is 0.199. The molecule has 0 fully saturated rings. The Hall–Kier alpha value is -3.74. The first-order valence-corrected chi connectivity index (χ1v) is 8.75. The van der Waals surface area contributed by atoms with Gasteiger partial charge in [-0.15, -0.1) is 0 Å². The van der Waals surface area contributed by atoms with E-state index < -0.39 is 11.9 Å². The fourth-order valence-electron chi connectivity index (χ4n) is 3.05. The van der Waals surface area contributed by atoms with Crippen molar-refractivity contribution in [3.63, 3.8) is 0 Å². The quantitative estimate of drug-likeness (QED) is 0.449. The van der Waals surface area contributed by atoms with Crippen molar-refractivity contribution in [1.29, 1.82) is 0 Å². The summed E-state index contributed by atoms with van der Waals surface area (Å²) >= 11 is 0. The van der Waals surface area contributed by atoms with E-state index >= 15 is 0 Å². The normalized spacial score (nSPS) is 10.3. The molecule has 3 rings (SSSR count). The van der Waals surface area contributed by atoms with Crippen molar-refractivity contribution >= 4 is 11.9 Å². The predicted octanol–water partition coefficient (Wildman–Crippen LogP) is 4.48. The van der Waals surface area contributed by atoms with Crippen LogP contribution in [-0.2, 0) is 9.59 Å². The van der Waals surface area contributed by atoms with E-state index in [-0.39, 0.29) is 11.5 Å². The molecule has 7 nitrogen and oxygen atoms in total. The van der Waals surface area contributed by atoms with Crippen LogP contribution in [0.3, 0.4) is 0 Å². The Bertz CT molecular complexity index is 1000. The zero-order valence-corrected chi connectivity index (χ0v) is 16.5. The van der Waals surface area contributed by atoms with Gasteiger partial charge in [0.25, 0.3) is 0 Å². The van der Waals surface area contributed by atoms with Crippen LogP contribution >= 0.6 is 0 Å². The molecular formula is C22H20O7. The van der Waals surface area contributed by atoms with Crippen molar-refractivity contribution in [2.45, 2.75) is 13.8 Å². The molecule has 0 atom stereocenters. The monoisotopic (exact) mass is 396 g/mol. The lowest BCUT2D eigenvalue weighted by molar-refractivity contribution is -0.132. The fourth-order valence-corrected chi connectivity index (χ4v) is 3.05. The van der Waals surface area contributed by atoms with E-state index in [4.69, 9.17) is 23.4 Å². The first-order chi connectivity index (χ1) is 14.0. The highest BCUT2D eigenvalue weighted by atomic mass is 16.5. The molecule has 0 N–H and O–H groups in total. The number of hydrogen-bond acceptors (Lipinski definition) is 7. The number of ether oxygens (including phenoxy) is 4. The highest BCUT2D eigenvalue weighted by Crippen LogP contribution is 2.51. The van der Waals surface area contributed by atoms with Gasteiger partial charge in [-0.3, -0.25) is 9.59 Å². The summed E-state index contributed by atoms with van der Waals surface area (Å²) in [5, 5.41) is 0. The van der Waals surface area contributed by atoms with Crippen LogP contribution < -0.4 is 18.9 Å². The van der Waals surface area contributed by atoms with Crippen molar-refractivity contribution in [2.75, 3.05) is 14.2 Å². The van der Waals surface area contributed by atoms with Crippen LogP contribution in [-0.4, -0.2) is 26.2 Å². The van der Waals surface area contributed by atoms with E-state index in [0.29, 0.717) is 33.9 Å². The van der Waals surface area contributed by atoms with Gasteiger partial charge in [0.05, 0.1) is 37.2 Å². The SMILES string of the molecule is COc1ccc(-c2ccco2)c(OC)c1-c1c(OC(C)=O)cccc1OC(C)=O. The van der Waals surface area contributed by atoms with Crippen LogP contribution in [0.15, 0.2) is 53.1 Å². The first kappa shape index (κ1) is 20.0. The summed E-state index contributed by atoms with van der Waals surface area (Å²) in [6.45, 7) is 2.58. The summed E-state index contributed by atoms with van der Waals surface area (Å²) in [6, 6.07) is 11.9. The maximum absolute atomic E-state index is 11.7. The van der Waals surface area contributed by atoms with E-state index in [0.717, 1.165) is 0 Å². The lowest BCUT2D eigenvalue weighted by atomic mass is 9.97. The predicted molar refractivity (Wildman–Crippen MR) is 105 cm³/mol. The Labute approximate surface area is 167 Å². The van der Waals surface area contributed by atoms with Gasteiger partial charge in [-0.1, -0.05) is 6.07 Å². The van der Waals surface area contributed by atoms with Crippen molar-refractivity contribution in [1.82, 2.24) is 0 Å². The van der Waals surface area contributed by atoms with Crippen molar-refractivity contribution in [3.05, 3.63) is 48.7 Å². The van der Waals surface area contributed by atoms with Gasteiger partial charge in [0.1, 0.15) is 28.8 Å². The maximum atomic E-state index is 11.7. The van der Waals surface area contributed by atoms with E-state index in [1.807, 2.05) is 0 Å². The molecule has 0 saturated heterocycles. The van der Waals surface area contributed by atoms with Crippen LogP contribution in [0.1, 0.15) is 13.8 Å². The zero-order valence-electron chi connectivity index (χ0n) is 16.5. The Kier molecular flexibility index (Phi) is 5.87. The molecular weight excluding hydrogens is 376 g/mol. The Morgan fingerprint density at radius 1 is 0.759 bits per heavy atom. The molecule has 0 bridgehead atoms. The van der Waals surface area contributed by atoms with E-state index in [1.54, 1.807) is 48.7 Å². The van der Waals surface area contributed by atoms with E-state index in [9.17, 15) is 9.59 Å². The van der Waals surface area contributed by atoms with Gasteiger partial charge in [0.15, 0.2) is 0 Å². The summed E-state index contributed by atoms with van der Waals surface area (Å²) in [5.74, 6) is 0.772.